The average molecular weight is 534 g/mol. The van der Waals surface area contributed by atoms with E-state index in [2.05, 4.69) is 39.5 Å². The number of halogens is 1. The lowest BCUT2D eigenvalue weighted by molar-refractivity contribution is -0.123. The number of guanidine groups is 1. The van der Waals surface area contributed by atoms with Crippen molar-refractivity contribution in [1.29, 1.82) is 0 Å². The van der Waals surface area contributed by atoms with E-state index < -0.39 is 0 Å². The van der Waals surface area contributed by atoms with Crippen LogP contribution in [-0.4, -0.2) is 55.2 Å². The van der Waals surface area contributed by atoms with Crippen LogP contribution in [0, 0.1) is 5.92 Å². The Morgan fingerprint density at radius 3 is 2.60 bits per heavy atom. The van der Waals surface area contributed by atoms with Gasteiger partial charge in [0.1, 0.15) is 0 Å². The van der Waals surface area contributed by atoms with Gasteiger partial charge in [0.15, 0.2) is 11.7 Å². The van der Waals surface area contributed by atoms with Crippen LogP contribution in [0.25, 0.3) is 0 Å². The molecule has 0 saturated carbocycles. The van der Waals surface area contributed by atoms with Gasteiger partial charge in [-0.2, -0.15) is 0 Å². The first kappa shape index (κ1) is 26.7. The summed E-state index contributed by atoms with van der Waals surface area (Å²) in [5.41, 5.74) is 6.43. The van der Waals surface area contributed by atoms with E-state index in [0.29, 0.717) is 12.5 Å². The molecule has 0 aliphatic carbocycles. The van der Waals surface area contributed by atoms with Crippen LogP contribution in [0.1, 0.15) is 69.7 Å². The number of hydrogen-bond donors (Lipinski definition) is 3. The van der Waals surface area contributed by atoms with Crippen molar-refractivity contribution in [2.75, 3.05) is 33.2 Å². The van der Waals surface area contributed by atoms with E-state index in [1.54, 1.807) is 7.05 Å². The van der Waals surface area contributed by atoms with Crippen molar-refractivity contribution < 1.29 is 9.32 Å². The molecule has 1 fully saturated rings. The molecule has 0 spiro atoms. The number of aromatic nitrogens is 1. The Labute approximate surface area is 197 Å². The van der Waals surface area contributed by atoms with Gasteiger partial charge in [0, 0.05) is 31.5 Å². The Balaban J connectivity index is 0.00000450. The number of likely N-dealkylation sites (tertiary alicyclic amines) is 1. The highest BCUT2D eigenvalue weighted by Crippen LogP contribution is 2.22. The van der Waals surface area contributed by atoms with E-state index >= 15 is 0 Å². The number of aliphatic imine (C=N–C) groups is 1. The molecule has 0 radical (unpaired) electrons. The second-order valence-electron chi connectivity index (χ2n) is 7.81. The lowest BCUT2D eigenvalue weighted by Gasteiger charge is -2.30. The zero-order valence-corrected chi connectivity index (χ0v) is 21.0. The summed E-state index contributed by atoms with van der Waals surface area (Å²) in [4.78, 5) is 17.9. The van der Waals surface area contributed by atoms with Gasteiger partial charge in [-0.15, -0.1) is 24.0 Å². The first-order chi connectivity index (χ1) is 14.1. The van der Waals surface area contributed by atoms with E-state index in [4.69, 9.17) is 10.3 Å². The Kier molecular flexibility index (Phi) is 13.0. The topological polar surface area (TPSA) is 109 Å². The number of unbranched alkanes of at least 4 members (excludes halogenated alkanes) is 1. The minimum atomic E-state index is -0.148. The fourth-order valence-corrected chi connectivity index (χ4v) is 3.81. The molecule has 0 atom stereocenters. The fraction of sp³-hybridized carbons (Fsp3) is 0.762. The first-order valence-corrected chi connectivity index (χ1v) is 11.0. The molecule has 1 aliphatic heterocycles. The van der Waals surface area contributed by atoms with Gasteiger partial charge in [0.25, 0.3) is 0 Å². The number of hydrogen-bond acceptors (Lipinski definition) is 5. The maximum atomic E-state index is 11.2. The molecule has 2 heterocycles. The molecule has 9 heteroatoms. The molecule has 4 N–H and O–H groups in total. The molecule has 8 nitrogen and oxygen atoms in total. The van der Waals surface area contributed by atoms with Crippen molar-refractivity contribution >= 4 is 35.8 Å². The highest BCUT2D eigenvalue weighted by molar-refractivity contribution is 14.0. The van der Waals surface area contributed by atoms with Crippen LogP contribution in [0.5, 0.6) is 0 Å². The molecule has 0 unspecified atom stereocenters. The van der Waals surface area contributed by atoms with Crippen molar-refractivity contribution in [3.8, 4) is 0 Å². The van der Waals surface area contributed by atoms with Crippen LogP contribution in [0.15, 0.2) is 15.6 Å². The zero-order chi connectivity index (χ0) is 21.1. The van der Waals surface area contributed by atoms with Crippen LogP contribution < -0.4 is 16.4 Å². The molecule has 1 saturated heterocycles. The zero-order valence-electron chi connectivity index (χ0n) is 18.7. The summed E-state index contributed by atoms with van der Waals surface area (Å²) in [6.45, 7) is 8.80. The SMILES string of the molecule is CCC(CC)c1cc(CNC(=NC)NCCCCN2CCC(C(N)=O)CC2)on1.I. The predicted molar refractivity (Wildman–Crippen MR) is 131 cm³/mol. The molecule has 30 heavy (non-hydrogen) atoms. The summed E-state index contributed by atoms with van der Waals surface area (Å²) in [6, 6.07) is 2.04. The number of primary amides is 1. The summed E-state index contributed by atoms with van der Waals surface area (Å²) in [6.07, 6.45) is 6.11. The summed E-state index contributed by atoms with van der Waals surface area (Å²) in [5.74, 6) is 1.98. The molecule has 172 valence electrons. The van der Waals surface area contributed by atoms with Gasteiger partial charge in [0.2, 0.25) is 5.91 Å². The van der Waals surface area contributed by atoms with E-state index in [-0.39, 0.29) is 35.8 Å². The molecular formula is C21H39IN6O2. The number of nitrogens with two attached hydrogens (primary N) is 1. The van der Waals surface area contributed by atoms with Gasteiger partial charge < -0.3 is 25.8 Å². The average Bonchev–Trinajstić information content (AvgIpc) is 3.20. The van der Waals surface area contributed by atoms with Gasteiger partial charge in [-0.1, -0.05) is 19.0 Å². The Morgan fingerprint density at radius 1 is 1.30 bits per heavy atom. The van der Waals surface area contributed by atoms with E-state index in [0.717, 1.165) is 82.1 Å². The smallest absolute Gasteiger partial charge is 0.220 e. The lowest BCUT2D eigenvalue weighted by Crippen LogP contribution is -2.39. The van der Waals surface area contributed by atoms with Crippen molar-refractivity contribution in [3.05, 3.63) is 17.5 Å². The molecule has 1 aromatic rings. The third-order valence-corrected chi connectivity index (χ3v) is 5.82. The summed E-state index contributed by atoms with van der Waals surface area (Å²) >= 11 is 0. The van der Waals surface area contributed by atoms with Crippen molar-refractivity contribution in [3.63, 3.8) is 0 Å². The number of carbonyl (C=O) groups excluding carboxylic acids is 1. The highest BCUT2D eigenvalue weighted by Gasteiger charge is 2.22. The van der Waals surface area contributed by atoms with Crippen molar-refractivity contribution in [2.24, 2.45) is 16.6 Å². The minimum Gasteiger partial charge on any atom is -0.369 e. The number of amides is 1. The third kappa shape index (κ3) is 8.79. The van der Waals surface area contributed by atoms with E-state index in [1.807, 2.05) is 6.07 Å². The van der Waals surface area contributed by atoms with Crippen molar-refractivity contribution in [1.82, 2.24) is 20.7 Å². The van der Waals surface area contributed by atoms with Gasteiger partial charge in [0.05, 0.1) is 12.2 Å². The second kappa shape index (κ2) is 14.6. The summed E-state index contributed by atoms with van der Waals surface area (Å²) in [7, 11) is 1.77. The third-order valence-electron chi connectivity index (χ3n) is 5.82. The number of nitrogens with zero attached hydrogens (tertiary/aromatic N) is 3. The van der Waals surface area contributed by atoms with Gasteiger partial charge in [-0.25, -0.2) is 0 Å². The number of piperidine rings is 1. The van der Waals surface area contributed by atoms with Crippen LogP contribution >= 0.6 is 24.0 Å². The molecule has 1 aliphatic rings. The predicted octanol–water partition coefficient (Wildman–Crippen LogP) is 2.84. The molecule has 1 aromatic heterocycles. The monoisotopic (exact) mass is 534 g/mol. The molecule has 0 aromatic carbocycles. The normalized spacial score (nSPS) is 15.8. The molecule has 2 rings (SSSR count). The van der Waals surface area contributed by atoms with E-state index in [1.165, 1.54) is 0 Å². The quantitative estimate of drug-likeness (QED) is 0.174. The number of carbonyl (C=O) groups is 1. The minimum absolute atomic E-state index is 0. The van der Waals surface area contributed by atoms with Crippen LogP contribution in [0.2, 0.25) is 0 Å². The lowest BCUT2D eigenvalue weighted by atomic mass is 9.96. The Bertz CT molecular complexity index is 639. The summed E-state index contributed by atoms with van der Waals surface area (Å²) in [5, 5.41) is 10.8. The van der Waals surface area contributed by atoms with Gasteiger partial charge in [-0.05, 0) is 58.2 Å². The van der Waals surface area contributed by atoms with E-state index in [9.17, 15) is 4.79 Å². The maximum Gasteiger partial charge on any atom is 0.220 e. The van der Waals surface area contributed by atoms with Crippen LogP contribution in [0.3, 0.4) is 0 Å². The van der Waals surface area contributed by atoms with Gasteiger partial charge >= 0.3 is 0 Å². The largest absolute Gasteiger partial charge is 0.369 e. The van der Waals surface area contributed by atoms with Crippen LogP contribution in [-0.2, 0) is 11.3 Å². The van der Waals surface area contributed by atoms with Crippen LogP contribution in [0.4, 0.5) is 0 Å². The second-order valence-corrected chi connectivity index (χ2v) is 7.81. The number of rotatable bonds is 11. The Hall–Kier alpha value is -1.36. The fourth-order valence-electron chi connectivity index (χ4n) is 3.81. The Morgan fingerprint density at radius 2 is 2.00 bits per heavy atom. The molecular weight excluding hydrogens is 495 g/mol. The molecule has 1 amide bonds. The number of nitrogens with one attached hydrogen (secondary N) is 2. The first-order valence-electron chi connectivity index (χ1n) is 11.0. The molecule has 0 bridgehead atoms. The summed E-state index contributed by atoms with van der Waals surface area (Å²) < 4.78 is 5.45. The maximum absolute atomic E-state index is 11.2. The van der Waals surface area contributed by atoms with Crippen molar-refractivity contribution in [2.45, 2.75) is 64.8 Å². The van der Waals surface area contributed by atoms with Gasteiger partial charge in [-0.3, -0.25) is 9.79 Å². The standard InChI is InChI=1S/C21H38N6O2.HI/c1-4-16(5-2)19-14-18(29-26-19)15-25-21(23-3)24-10-6-7-11-27-12-8-17(9-13-27)20(22)28;/h14,16-17H,4-13,15H2,1-3H3,(H2,22,28)(H2,23,24,25);1H. The highest BCUT2D eigenvalue weighted by atomic mass is 127.